The van der Waals surface area contributed by atoms with Crippen LogP contribution in [0, 0.1) is 0 Å². The van der Waals surface area contributed by atoms with Gasteiger partial charge >= 0.3 is 11.9 Å². The Kier molecular flexibility index (Phi) is 5.84. The van der Waals surface area contributed by atoms with Crippen molar-refractivity contribution >= 4 is 23.8 Å². The molecule has 2 aromatic carbocycles. The molecule has 0 bridgehead atoms. The summed E-state index contributed by atoms with van der Waals surface area (Å²) < 4.78 is 10.1. The van der Waals surface area contributed by atoms with Gasteiger partial charge in [0.05, 0.1) is 23.3 Å². The minimum atomic E-state index is -0.516. The molecule has 7 nitrogen and oxygen atoms in total. The fourth-order valence-corrected chi connectivity index (χ4v) is 2.91. The van der Waals surface area contributed by atoms with Crippen molar-refractivity contribution < 1.29 is 28.7 Å². The lowest BCUT2D eigenvalue weighted by atomic mass is 10.1. The van der Waals surface area contributed by atoms with E-state index in [2.05, 4.69) is 0 Å². The van der Waals surface area contributed by atoms with E-state index >= 15 is 0 Å². The Hall–Kier alpha value is -3.48. The summed E-state index contributed by atoms with van der Waals surface area (Å²) in [4.78, 5) is 49.5. The Balaban J connectivity index is 1.52. The van der Waals surface area contributed by atoms with Crippen molar-refractivity contribution in [3.05, 3.63) is 65.2 Å². The number of carbonyl (C=O) groups is 4. The van der Waals surface area contributed by atoms with Crippen molar-refractivity contribution in [1.29, 1.82) is 0 Å². The van der Waals surface area contributed by atoms with E-state index in [4.69, 9.17) is 9.47 Å². The highest BCUT2D eigenvalue weighted by molar-refractivity contribution is 6.21. The molecule has 0 unspecified atom stereocenters. The number of rotatable bonds is 7. The molecule has 144 valence electrons. The highest BCUT2D eigenvalue weighted by Crippen LogP contribution is 2.23. The van der Waals surface area contributed by atoms with Crippen LogP contribution in [0.4, 0.5) is 0 Å². The van der Waals surface area contributed by atoms with E-state index in [1.165, 1.54) is 6.07 Å². The number of esters is 2. The van der Waals surface area contributed by atoms with E-state index in [9.17, 15) is 19.2 Å². The summed E-state index contributed by atoms with van der Waals surface area (Å²) in [5.41, 5.74) is 1.05. The maximum Gasteiger partial charge on any atom is 0.338 e. The van der Waals surface area contributed by atoms with Crippen molar-refractivity contribution in [2.24, 2.45) is 0 Å². The molecule has 0 aromatic heterocycles. The molecule has 0 saturated carbocycles. The summed E-state index contributed by atoms with van der Waals surface area (Å²) >= 11 is 0. The first-order chi connectivity index (χ1) is 13.5. The number of fused-ring (bicyclic) bond motifs is 1. The summed E-state index contributed by atoms with van der Waals surface area (Å²) in [5, 5.41) is 0. The van der Waals surface area contributed by atoms with Crippen LogP contribution < -0.4 is 4.74 Å². The van der Waals surface area contributed by atoms with Gasteiger partial charge in [0, 0.05) is 13.0 Å². The van der Waals surface area contributed by atoms with Crippen LogP contribution in [0.5, 0.6) is 5.75 Å². The van der Waals surface area contributed by atoms with E-state index < -0.39 is 11.9 Å². The first-order valence-corrected chi connectivity index (χ1v) is 8.94. The second-order valence-corrected chi connectivity index (χ2v) is 6.13. The van der Waals surface area contributed by atoms with Crippen LogP contribution in [0.2, 0.25) is 0 Å². The van der Waals surface area contributed by atoms with Crippen LogP contribution in [0.3, 0.4) is 0 Å². The molecule has 7 heteroatoms. The molecule has 0 fully saturated rings. The van der Waals surface area contributed by atoms with Gasteiger partial charge in [-0.15, -0.1) is 0 Å². The van der Waals surface area contributed by atoms with Crippen LogP contribution in [0.15, 0.2) is 48.5 Å². The van der Waals surface area contributed by atoms with Crippen LogP contribution in [-0.4, -0.2) is 41.8 Å². The fourth-order valence-electron chi connectivity index (χ4n) is 2.91. The molecule has 1 heterocycles. The van der Waals surface area contributed by atoms with E-state index in [-0.39, 0.29) is 49.1 Å². The molecule has 0 atom stereocenters. The second kappa shape index (κ2) is 8.47. The third kappa shape index (κ3) is 4.09. The van der Waals surface area contributed by atoms with Gasteiger partial charge in [-0.05, 0) is 43.7 Å². The highest BCUT2D eigenvalue weighted by atomic mass is 16.5. The average molecular weight is 381 g/mol. The number of hydrogen-bond acceptors (Lipinski definition) is 6. The van der Waals surface area contributed by atoms with Gasteiger partial charge in [0.2, 0.25) is 0 Å². The third-order valence-electron chi connectivity index (χ3n) is 4.22. The molecular weight excluding hydrogens is 362 g/mol. The van der Waals surface area contributed by atoms with E-state index in [0.29, 0.717) is 11.1 Å². The maximum absolute atomic E-state index is 12.3. The minimum absolute atomic E-state index is 0.0248. The highest BCUT2D eigenvalue weighted by Gasteiger charge is 2.34. The average Bonchev–Trinajstić information content (AvgIpc) is 2.93. The summed E-state index contributed by atoms with van der Waals surface area (Å²) in [5.74, 6) is -1.48. The number of benzene rings is 2. The summed E-state index contributed by atoms with van der Waals surface area (Å²) in [7, 11) is 0. The minimum Gasteiger partial charge on any atom is -0.462 e. The van der Waals surface area contributed by atoms with Crippen molar-refractivity contribution in [2.75, 3.05) is 13.2 Å². The SMILES string of the molecule is CCOC(=O)c1cccc(OC(=O)CCCN2C(=O)c3ccccc3C2=O)c1. The number of nitrogens with zero attached hydrogens (tertiary/aromatic N) is 1. The zero-order valence-corrected chi connectivity index (χ0v) is 15.3. The summed E-state index contributed by atoms with van der Waals surface area (Å²) in [6.07, 6.45) is 0.304. The zero-order chi connectivity index (χ0) is 20.1. The van der Waals surface area contributed by atoms with Gasteiger partial charge in [0.15, 0.2) is 0 Å². The maximum atomic E-state index is 12.3. The van der Waals surface area contributed by atoms with Gasteiger partial charge in [-0.1, -0.05) is 18.2 Å². The molecule has 0 aliphatic carbocycles. The van der Waals surface area contributed by atoms with Crippen LogP contribution >= 0.6 is 0 Å². The Morgan fingerprint density at radius 2 is 1.64 bits per heavy atom. The van der Waals surface area contributed by atoms with Crippen molar-refractivity contribution in [2.45, 2.75) is 19.8 Å². The lowest BCUT2D eigenvalue weighted by Crippen LogP contribution is -2.31. The Bertz CT molecular complexity index is 901. The number of hydrogen-bond donors (Lipinski definition) is 0. The zero-order valence-electron chi connectivity index (χ0n) is 15.3. The Labute approximate surface area is 161 Å². The van der Waals surface area contributed by atoms with Gasteiger partial charge in [-0.25, -0.2) is 4.79 Å². The monoisotopic (exact) mass is 381 g/mol. The summed E-state index contributed by atoms with van der Waals surface area (Å²) in [6.45, 7) is 2.08. The van der Waals surface area contributed by atoms with Gasteiger partial charge in [-0.3, -0.25) is 19.3 Å². The number of ether oxygens (including phenoxy) is 2. The summed E-state index contributed by atoms with van der Waals surface area (Å²) in [6, 6.07) is 12.8. The molecule has 0 spiro atoms. The standard InChI is InChI=1S/C21H19NO6/c1-2-27-21(26)14-7-5-8-15(13-14)28-18(23)11-6-12-22-19(24)16-9-3-4-10-17(16)20(22)25/h3-5,7-10,13H,2,6,11-12H2,1H3. The fraction of sp³-hybridized carbons (Fsp3) is 0.238. The van der Waals surface area contributed by atoms with Crippen LogP contribution in [-0.2, 0) is 9.53 Å². The molecule has 0 radical (unpaired) electrons. The quantitative estimate of drug-likeness (QED) is 0.416. The van der Waals surface area contributed by atoms with E-state index in [1.54, 1.807) is 49.4 Å². The molecule has 2 aromatic rings. The number of amides is 2. The van der Waals surface area contributed by atoms with Crippen LogP contribution in [0.1, 0.15) is 50.8 Å². The number of carbonyl (C=O) groups excluding carboxylic acids is 4. The number of imide groups is 1. The lowest BCUT2D eigenvalue weighted by molar-refractivity contribution is -0.134. The van der Waals surface area contributed by atoms with Crippen LogP contribution in [0.25, 0.3) is 0 Å². The molecule has 0 saturated heterocycles. The Morgan fingerprint density at radius 3 is 2.29 bits per heavy atom. The molecule has 2 amide bonds. The predicted molar refractivity (Wildman–Crippen MR) is 99.1 cm³/mol. The van der Waals surface area contributed by atoms with E-state index in [1.807, 2.05) is 0 Å². The molecule has 1 aliphatic rings. The normalized spacial score (nSPS) is 12.7. The van der Waals surface area contributed by atoms with Gasteiger partial charge in [-0.2, -0.15) is 0 Å². The predicted octanol–water partition coefficient (Wildman–Crippen LogP) is 2.85. The van der Waals surface area contributed by atoms with Crippen molar-refractivity contribution in [3.63, 3.8) is 0 Å². The molecule has 3 rings (SSSR count). The lowest BCUT2D eigenvalue weighted by Gasteiger charge is -2.13. The smallest absolute Gasteiger partial charge is 0.338 e. The first kappa shape index (κ1) is 19.3. The largest absolute Gasteiger partial charge is 0.462 e. The Morgan fingerprint density at radius 1 is 0.964 bits per heavy atom. The molecule has 1 aliphatic heterocycles. The molecular formula is C21H19NO6. The second-order valence-electron chi connectivity index (χ2n) is 6.13. The first-order valence-electron chi connectivity index (χ1n) is 8.94. The van der Waals surface area contributed by atoms with Crippen molar-refractivity contribution in [1.82, 2.24) is 4.90 Å². The van der Waals surface area contributed by atoms with Crippen molar-refractivity contribution in [3.8, 4) is 5.75 Å². The third-order valence-corrected chi connectivity index (χ3v) is 4.22. The van der Waals surface area contributed by atoms with Gasteiger partial charge in [0.25, 0.3) is 11.8 Å². The van der Waals surface area contributed by atoms with Gasteiger partial charge < -0.3 is 9.47 Å². The topological polar surface area (TPSA) is 90.0 Å². The molecule has 28 heavy (non-hydrogen) atoms. The van der Waals surface area contributed by atoms with E-state index in [0.717, 1.165) is 4.90 Å². The molecule has 0 N–H and O–H groups in total. The van der Waals surface area contributed by atoms with Gasteiger partial charge in [0.1, 0.15) is 5.75 Å².